The Kier molecular flexibility index (Phi) is 6.40. The maximum absolute atomic E-state index is 12.5. The number of aryl methyl sites for hydroxylation is 2. The number of hydrogen-bond acceptors (Lipinski definition) is 4. The summed E-state index contributed by atoms with van der Waals surface area (Å²) in [6.45, 7) is 8.11. The van der Waals surface area contributed by atoms with E-state index in [1.807, 2.05) is 39.0 Å². The Morgan fingerprint density at radius 2 is 1.64 bits per heavy atom. The van der Waals surface area contributed by atoms with Crippen LogP contribution in [0.4, 0.5) is 0 Å². The van der Waals surface area contributed by atoms with Crippen LogP contribution in [0, 0.1) is 32.1 Å². The summed E-state index contributed by atoms with van der Waals surface area (Å²) < 4.78 is 5.80. The van der Waals surface area contributed by atoms with E-state index in [1.165, 1.54) is 0 Å². The predicted molar refractivity (Wildman–Crippen MR) is 94.2 cm³/mol. The number of nitrogens with zero attached hydrogens (tertiary/aromatic N) is 3. The minimum atomic E-state index is -0.168. The standard InChI is InChI=1S/C19H25N3O3/c1-14-5-6-15(2)19(16(14)3)25-13-18(24)22-10-4-9-21(11-12-22)17(23)7-8-20/h5-6H,4,7,9-13H2,1-3H3. The molecular weight excluding hydrogens is 318 g/mol. The van der Waals surface area contributed by atoms with Crippen LogP contribution in [0.5, 0.6) is 5.75 Å². The van der Waals surface area contributed by atoms with Crippen LogP contribution < -0.4 is 4.74 Å². The lowest BCUT2D eigenvalue weighted by Crippen LogP contribution is -2.39. The maximum Gasteiger partial charge on any atom is 0.260 e. The number of carbonyl (C=O) groups excluding carboxylic acids is 2. The second-order valence-corrected chi connectivity index (χ2v) is 6.39. The van der Waals surface area contributed by atoms with Gasteiger partial charge in [0, 0.05) is 26.2 Å². The van der Waals surface area contributed by atoms with Crippen LogP contribution in [0.25, 0.3) is 0 Å². The summed E-state index contributed by atoms with van der Waals surface area (Å²) in [7, 11) is 0. The van der Waals surface area contributed by atoms with Crippen molar-refractivity contribution >= 4 is 11.8 Å². The van der Waals surface area contributed by atoms with Gasteiger partial charge in [0.2, 0.25) is 5.91 Å². The smallest absolute Gasteiger partial charge is 0.260 e. The van der Waals surface area contributed by atoms with Gasteiger partial charge in [-0.15, -0.1) is 0 Å². The first-order valence-corrected chi connectivity index (χ1v) is 8.56. The molecule has 0 aliphatic carbocycles. The number of ether oxygens (including phenoxy) is 1. The van der Waals surface area contributed by atoms with Gasteiger partial charge in [-0.05, 0) is 43.9 Å². The van der Waals surface area contributed by atoms with Crippen LogP contribution in [-0.2, 0) is 9.59 Å². The monoisotopic (exact) mass is 343 g/mol. The third-order valence-electron chi connectivity index (χ3n) is 4.65. The maximum atomic E-state index is 12.5. The molecule has 1 saturated heterocycles. The van der Waals surface area contributed by atoms with Crippen molar-refractivity contribution in [3.8, 4) is 11.8 Å². The fourth-order valence-electron chi connectivity index (χ4n) is 2.97. The average Bonchev–Trinajstić information content (AvgIpc) is 2.84. The highest BCUT2D eigenvalue weighted by atomic mass is 16.5. The SMILES string of the molecule is Cc1ccc(C)c(OCC(=O)N2CCCN(C(=O)CC#N)CC2)c1C. The lowest BCUT2D eigenvalue weighted by molar-refractivity contribution is -0.134. The number of benzene rings is 1. The fraction of sp³-hybridized carbons (Fsp3) is 0.526. The molecule has 0 atom stereocenters. The van der Waals surface area contributed by atoms with E-state index in [4.69, 9.17) is 10.00 Å². The molecule has 1 heterocycles. The Labute approximate surface area is 149 Å². The first-order valence-electron chi connectivity index (χ1n) is 8.56. The predicted octanol–water partition coefficient (Wildman–Crippen LogP) is 1.97. The summed E-state index contributed by atoms with van der Waals surface area (Å²) in [5.74, 6) is 0.531. The topological polar surface area (TPSA) is 73.6 Å². The van der Waals surface area contributed by atoms with Gasteiger partial charge in [0.15, 0.2) is 6.61 Å². The summed E-state index contributed by atoms with van der Waals surface area (Å²) in [5.41, 5.74) is 3.20. The highest BCUT2D eigenvalue weighted by Crippen LogP contribution is 2.25. The van der Waals surface area contributed by atoms with Crippen LogP contribution >= 0.6 is 0 Å². The van der Waals surface area contributed by atoms with Crippen LogP contribution in [0.2, 0.25) is 0 Å². The van der Waals surface area contributed by atoms with E-state index in [2.05, 4.69) is 0 Å². The molecule has 6 heteroatoms. The quantitative estimate of drug-likeness (QED) is 0.838. The molecule has 25 heavy (non-hydrogen) atoms. The lowest BCUT2D eigenvalue weighted by atomic mass is 10.1. The molecular formula is C19H25N3O3. The van der Waals surface area contributed by atoms with Crippen molar-refractivity contribution < 1.29 is 14.3 Å². The Hall–Kier alpha value is -2.55. The molecule has 134 valence electrons. The molecule has 2 rings (SSSR count). The van der Waals surface area contributed by atoms with Gasteiger partial charge in [0.05, 0.1) is 6.07 Å². The summed E-state index contributed by atoms with van der Waals surface area (Å²) in [4.78, 5) is 27.7. The molecule has 0 radical (unpaired) electrons. The number of hydrogen-bond donors (Lipinski definition) is 0. The van der Waals surface area contributed by atoms with E-state index >= 15 is 0 Å². The fourth-order valence-corrected chi connectivity index (χ4v) is 2.97. The van der Waals surface area contributed by atoms with E-state index in [0.717, 1.165) is 22.4 Å². The second kappa shape index (κ2) is 8.52. The molecule has 0 spiro atoms. The minimum Gasteiger partial charge on any atom is -0.483 e. The third kappa shape index (κ3) is 4.72. The third-order valence-corrected chi connectivity index (χ3v) is 4.65. The van der Waals surface area contributed by atoms with Crippen molar-refractivity contribution in [3.63, 3.8) is 0 Å². The van der Waals surface area contributed by atoms with Crippen molar-refractivity contribution in [2.45, 2.75) is 33.6 Å². The van der Waals surface area contributed by atoms with E-state index in [-0.39, 0.29) is 24.8 Å². The van der Waals surface area contributed by atoms with E-state index in [0.29, 0.717) is 32.6 Å². The molecule has 0 aromatic heterocycles. The number of nitriles is 1. The molecule has 1 aliphatic rings. The number of rotatable bonds is 4. The Morgan fingerprint density at radius 1 is 1.04 bits per heavy atom. The van der Waals surface area contributed by atoms with Crippen molar-refractivity contribution in [2.75, 3.05) is 32.8 Å². The molecule has 0 unspecified atom stereocenters. The number of carbonyl (C=O) groups is 2. The van der Waals surface area contributed by atoms with Gasteiger partial charge in [-0.2, -0.15) is 5.26 Å². The van der Waals surface area contributed by atoms with Gasteiger partial charge in [-0.25, -0.2) is 0 Å². The van der Waals surface area contributed by atoms with Gasteiger partial charge < -0.3 is 14.5 Å². The zero-order chi connectivity index (χ0) is 18.4. The minimum absolute atomic E-state index is 0.00270. The van der Waals surface area contributed by atoms with Crippen LogP contribution in [0.1, 0.15) is 29.5 Å². The van der Waals surface area contributed by atoms with Gasteiger partial charge in [-0.1, -0.05) is 12.1 Å². The van der Waals surface area contributed by atoms with E-state index in [9.17, 15) is 9.59 Å². The molecule has 0 bridgehead atoms. The number of amides is 2. The van der Waals surface area contributed by atoms with E-state index < -0.39 is 0 Å². The zero-order valence-corrected chi connectivity index (χ0v) is 15.2. The van der Waals surface area contributed by atoms with Crippen molar-refractivity contribution in [1.82, 2.24) is 9.80 Å². The molecule has 6 nitrogen and oxygen atoms in total. The summed E-state index contributed by atoms with van der Waals surface area (Å²) in [6.07, 6.45) is 0.606. The molecule has 1 aromatic rings. The Bertz CT molecular complexity index is 694. The Morgan fingerprint density at radius 3 is 2.28 bits per heavy atom. The van der Waals surface area contributed by atoms with Gasteiger partial charge in [-0.3, -0.25) is 9.59 Å². The summed E-state index contributed by atoms with van der Waals surface area (Å²) in [6, 6.07) is 5.92. The van der Waals surface area contributed by atoms with Crippen LogP contribution in [0.15, 0.2) is 12.1 Å². The highest BCUT2D eigenvalue weighted by molar-refractivity contribution is 5.79. The van der Waals surface area contributed by atoms with Gasteiger partial charge in [0.25, 0.3) is 5.91 Å². The molecule has 0 N–H and O–H groups in total. The second-order valence-electron chi connectivity index (χ2n) is 6.39. The van der Waals surface area contributed by atoms with Crippen molar-refractivity contribution in [3.05, 3.63) is 28.8 Å². The van der Waals surface area contributed by atoms with Crippen LogP contribution in [0.3, 0.4) is 0 Å². The Balaban J connectivity index is 1.93. The van der Waals surface area contributed by atoms with Crippen molar-refractivity contribution in [2.24, 2.45) is 0 Å². The zero-order valence-electron chi connectivity index (χ0n) is 15.2. The van der Waals surface area contributed by atoms with Crippen molar-refractivity contribution in [1.29, 1.82) is 5.26 Å². The molecule has 2 amide bonds. The summed E-state index contributed by atoms with van der Waals surface area (Å²) >= 11 is 0. The first-order chi connectivity index (χ1) is 11.9. The lowest BCUT2D eigenvalue weighted by Gasteiger charge is -2.22. The summed E-state index contributed by atoms with van der Waals surface area (Å²) in [5, 5.41) is 8.64. The van der Waals surface area contributed by atoms with Gasteiger partial charge >= 0.3 is 0 Å². The molecule has 0 saturated carbocycles. The van der Waals surface area contributed by atoms with Gasteiger partial charge in [0.1, 0.15) is 12.2 Å². The largest absolute Gasteiger partial charge is 0.483 e. The van der Waals surface area contributed by atoms with Crippen LogP contribution in [-0.4, -0.2) is 54.4 Å². The molecule has 1 aromatic carbocycles. The molecule has 1 aliphatic heterocycles. The normalized spacial score (nSPS) is 14.6. The average molecular weight is 343 g/mol. The molecule has 1 fully saturated rings. The highest BCUT2D eigenvalue weighted by Gasteiger charge is 2.22. The first kappa shape index (κ1) is 18.8. The van der Waals surface area contributed by atoms with E-state index in [1.54, 1.807) is 9.80 Å².